The molecular formula is C16H20N2O3. The van der Waals surface area contributed by atoms with Gasteiger partial charge in [0.05, 0.1) is 12.8 Å². The number of nitrogens with one attached hydrogen (secondary N) is 1. The molecule has 0 aliphatic rings. The number of ether oxygens (including phenoxy) is 2. The molecule has 0 saturated heterocycles. The van der Waals surface area contributed by atoms with Crippen molar-refractivity contribution in [3.8, 4) is 17.0 Å². The molecule has 112 valence electrons. The third-order valence-electron chi connectivity index (χ3n) is 3.15. The highest BCUT2D eigenvalue weighted by molar-refractivity contribution is 5.71. The highest BCUT2D eigenvalue weighted by Gasteiger charge is 2.13. The van der Waals surface area contributed by atoms with E-state index < -0.39 is 0 Å². The zero-order valence-electron chi connectivity index (χ0n) is 12.8. The Morgan fingerprint density at radius 3 is 2.67 bits per heavy atom. The van der Waals surface area contributed by atoms with Gasteiger partial charge in [-0.2, -0.15) is 0 Å². The van der Waals surface area contributed by atoms with E-state index in [1.165, 1.54) is 6.07 Å². The maximum absolute atomic E-state index is 11.8. The molecule has 2 aromatic rings. The van der Waals surface area contributed by atoms with Crippen LogP contribution in [0.15, 0.2) is 23.0 Å². The summed E-state index contributed by atoms with van der Waals surface area (Å²) in [5.74, 6) is 1.23. The second-order valence-corrected chi connectivity index (χ2v) is 4.87. The van der Waals surface area contributed by atoms with Crippen LogP contribution >= 0.6 is 0 Å². The van der Waals surface area contributed by atoms with Gasteiger partial charge in [-0.25, -0.2) is 4.98 Å². The summed E-state index contributed by atoms with van der Waals surface area (Å²) in [6, 6.07) is 5.46. The number of aromatic nitrogens is 2. The molecule has 1 aromatic heterocycles. The number of aromatic amines is 1. The van der Waals surface area contributed by atoms with Crippen molar-refractivity contribution in [2.75, 3.05) is 13.7 Å². The number of H-pyrrole nitrogens is 1. The Morgan fingerprint density at radius 2 is 2.00 bits per heavy atom. The molecule has 1 N–H and O–H groups in total. The number of nitrogens with zero attached hydrogens (tertiary/aromatic N) is 1. The molecule has 0 amide bonds. The standard InChI is InChI=1S/C16H20N2O3/c1-5-21-9-14-17-12(8-15(19)18-14)16-11(3)6-10(2)7-13(16)20-4/h6-8H,5,9H2,1-4H3,(H,17,18,19). The van der Waals surface area contributed by atoms with Gasteiger partial charge in [0.2, 0.25) is 0 Å². The molecule has 0 aliphatic carbocycles. The van der Waals surface area contributed by atoms with Gasteiger partial charge < -0.3 is 14.5 Å². The molecule has 1 aromatic carbocycles. The first-order valence-electron chi connectivity index (χ1n) is 6.88. The van der Waals surface area contributed by atoms with Crippen molar-refractivity contribution in [3.63, 3.8) is 0 Å². The van der Waals surface area contributed by atoms with E-state index in [1.54, 1.807) is 7.11 Å². The van der Waals surface area contributed by atoms with Crippen LogP contribution in [0.1, 0.15) is 23.9 Å². The molecule has 5 heteroatoms. The van der Waals surface area contributed by atoms with Crippen LogP contribution in [0, 0.1) is 13.8 Å². The smallest absolute Gasteiger partial charge is 0.251 e. The van der Waals surface area contributed by atoms with Crippen LogP contribution in [-0.2, 0) is 11.3 Å². The second-order valence-electron chi connectivity index (χ2n) is 4.87. The molecule has 5 nitrogen and oxygen atoms in total. The molecule has 1 heterocycles. The average Bonchev–Trinajstić information content (AvgIpc) is 2.43. The SMILES string of the molecule is CCOCc1nc(-c2c(C)cc(C)cc2OC)cc(=O)[nH]1. The Balaban J connectivity index is 2.56. The second kappa shape index (κ2) is 6.54. The number of methoxy groups -OCH3 is 1. The van der Waals surface area contributed by atoms with Crippen LogP contribution in [-0.4, -0.2) is 23.7 Å². The first-order chi connectivity index (χ1) is 10.0. The lowest BCUT2D eigenvalue weighted by Crippen LogP contribution is -2.12. The van der Waals surface area contributed by atoms with Gasteiger partial charge in [-0.3, -0.25) is 4.79 Å². The lowest BCUT2D eigenvalue weighted by Gasteiger charge is -2.13. The molecule has 2 rings (SSSR count). The molecule has 0 fully saturated rings. The zero-order chi connectivity index (χ0) is 15.4. The number of rotatable bonds is 5. The third-order valence-corrected chi connectivity index (χ3v) is 3.15. The predicted molar refractivity (Wildman–Crippen MR) is 81.6 cm³/mol. The van der Waals surface area contributed by atoms with Gasteiger partial charge >= 0.3 is 0 Å². The van der Waals surface area contributed by atoms with Gasteiger partial charge in [-0.05, 0) is 38.0 Å². The van der Waals surface area contributed by atoms with Crippen molar-refractivity contribution in [1.82, 2.24) is 9.97 Å². The van der Waals surface area contributed by atoms with Crippen molar-refractivity contribution < 1.29 is 9.47 Å². The maximum atomic E-state index is 11.8. The van der Waals surface area contributed by atoms with Gasteiger partial charge in [-0.15, -0.1) is 0 Å². The van der Waals surface area contributed by atoms with Crippen LogP contribution in [0.2, 0.25) is 0 Å². The monoisotopic (exact) mass is 288 g/mol. The zero-order valence-corrected chi connectivity index (χ0v) is 12.8. The average molecular weight is 288 g/mol. The summed E-state index contributed by atoms with van der Waals surface area (Å²) in [5.41, 5.74) is 3.37. The summed E-state index contributed by atoms with van der Waals surface area (Å²) in [6.45, 7) is 6.74. The minimum Gasteiger partial charge on any atom is -0.496 e. The summed E-state index contributed by atoms with van der Waals surface area (Å²) in [5, 5.41) is 0. The predicted octanol–water partition coefficient (Wildman–Crippen LogP) is 2.60. The lowest BCUT2D eigenvalue weighted by atomic mass is 10.0. The highest BCUT2D eigenvalue weighted by Crippen LogP contribution is 2.32. The summed E-state index contributed by atoms with van der Waals surface area (Å²) in [6.07, 6.45) is 0. The van der Waals surface area contributed by atoms with E-state index in [0.717, 1.165) is 16.7 Å². The molecular weight excluding hydrogens is 268 g/mol. The summed E-state index contributed by atoms with van der Waals surface area (Å²) < 4.78 is 10.7. The molecule has 0 radical (unpaired) electrons. The van der Waals surface area contributed by atoms with Gasteiger partial charge in [0.25, 0.3) is 5.56 Å². The minimum absolute atomic E-state index is 0.197. The van der Waals surface area contributed by atoms with Crippen LogP contribution in [0.4, 0.5) is 0 Å². The molecule has 0 aliphatic heterocycles. The topological polar surface area (TPSA) is 64.2 Å². The quantitative estimate of drug-likeness (QED) is 0.918. The maximum Gasteiger partial charge on any atom is 0.251 e. The number of benzene rings is 1. The van der Waals surface area contributed by atoms with Crippen molar-refractivity contribution in [2.24, 2.45) is 0 Å². The van der Waals surface area contributed by atoms with E-state index in [9.17, 15) is 4.79 Å². The first kappa shape index (κ1) is 15.3. The van der Waals surface area contributed by atoms with E-state index in [2.05, 4.69) is 9.97 Å². The van der Waals surface area contributed by atoms with E-state index >= 15 is 0 Å². The van der Waals surface area contributed by atoms with Crippen LogP contribution in [0.3, 0.4) is 0 Å². The van der Waals surface area contributed by atoms with Crippen molar-refractivity contribution in [3.05, 3.63) is 45.5 Å². The fourth-order valence-electron chi connectivity index (χ4n) is 2.32. The van der Waals surface area contributed by atoms with E-state index in [0.29, 0.717) is 23.9 Å². The number of aryl methyl sites for hydroxylation is 2. The first-order valence-corrected chi connectivity index (χ1v) is 6.88. The number of hydrogen-bond acceptors (Lipinski definition) is 4. The van der Waals surface area contributed by atoms with Gasteiger partial charge in [0, 0.05) is 18.2 Å². The summed E-state index contributed by atoms with van der Waals surface area (Å²) >= 11 is 0. The lowest BCUT2D eigenvalue weighted by molar-refractivity contribution is 0.128. The molecule has 0 saturated carbocycles. The van der Waals surface area contributed by atoms with Gasteiger partial charge in [-0.1, -0.05) is 6.07 Å². The largest absolute Gasteiger partial charge is 0.496 e. The van der Waals surface area contributed by atoms with E-state index in [4.69, 9.17) is 9.47 Å². The fraction of sp³-hybridized carbons (Fsp3) is 0.375. The van der Waals surface area contributed by atoms with Crippen LogP contribution < -0.4 is 10.3 Å². The molecule has 0 unspecified atom stereocenters. The van der Waals surface area contributed by atoms with Gasteiger partial charge in [0.1, 0.15) is 18.2 Å². The molecule has 0 spiro atoms. The van der Waals surface area contributed by atoms with Crippen LogP contribution in [0.5, 0.6) is 5.75 Å². The normalized spacial score (nSPS) is 10.7. The fourth-order valence-corrected chi connectivity index (χ4v) is 2.32. The van der Waals surface area contributed by atoms with E-state index in [-0.39, 0.29) is 12.2 Å². The summed E-state index contributed by atoms with van der Waals surface area (Å²) in [7, 11) is 1.62. The minimum atomic E-state index is -0.197. The Morgan fingerprint density at radius 1 is 1.24 bits per heavy atom. The Bertz CT molecular complexity index is 692. The molecule has 0 atom stereocenters. The third kappa shape index (κ3) is 3.49. The van der Waals surface area contributed by atoms with Crippen molar-refractivity contribution in [1.29, 1.82) is 0 Å². The Kier molecular flexibility index (Phi) is 4.75. The van der Waals surface area contributed by atoms with Gasteiger partial charge in [0.15, 0.2) is 0 Å². The van der Waals surface area contributed by atoms with E-state index in [1.807, 2.05) is 32.9 Å². The number of hydrogen-bond donors (Lipinski definition) is 1. The van der Waals surface area contributed by atoms with Crippen LogP contribution in [0.25, 0.3) is 11.3 Å². The Hall–Kier alpha value is -2.14. The van der Waals surface area contributed by atoms with Crippen molar-refractivity contribution >= 4 is 0 Å². The molecule has 0 bridgehead atoms. The summed E-state index contributed by atoms with van der Waals surface area (Å²) in [4.78, 5) is 19.0. The molecule has 21 heavy (non-hydrogen) atoms. The van der Waals surface area contributed by atoms with Crippen molar-refractivity contribution in [2.45, 2.75) is 27.4 Å². The Labute approximate surface area is 124 Å². The highest BCUT2D eigenvalue weighted by atomic mass is 16.5.